The standard InChI is InChI=1S/C12H15BrFN3O/c1-18-7-6-16-4-5-17-10-3-2-9(8-15)11(13)12(10)14/h2-3,16-17H,4-7H2,1H3. The normalized spacial score (nSPS) is 10.1. The zero-order valence-corrected chi connectivity index (χ0v) is 11.7. The Kier molecular flexibility index (Phi) is 6.65. The Labute approximate surface area is 114 Å². The van der Waals surface area contributed by atoms with Gasteiger partial charge in [0, 0.05) is 26.7 Å². The summed E-state index contributed by atoms with van der Waals surface area (Å²) in [7, 11) is 1.64. The van der Waals surface area contributed by atoms with Crippen LogP contribution < -0.4 is 10.6 Å². The van der Waals surface area contributed by atoms with Gasteiger partial charge in [-0.05, 0) is 28.1 Å². The number of nitriles is 1. The Morgan fingerprint density at radius 2 is 2.17 bits per heavy atom. The lowest BCUT2D eigenvalue weighted by Gasteiger charge is -2.10. The second kappa shape index (κ2) is 8.03. The van der Waals surface area contributed by atoms with Crippen LogP contribution in [0.1, 0.15) is 5.56 Å². The summed E-state index contributed by atoms with van der Waals surface area (Å²) in [6, 6.07) is 5.05. The number of nitrogens with one attached hydrogen (secondary N) is 2. The topological polar surface area (TPSA) is 57.1 Å². The highest BCUT2D eigenvalue weighted by Crippen LogP contribution is 2.26. The van der Waals surface area contributed by atoms with Crippen LogP contribution >= 0.6 is 15.9 Å². The van der Waals surface area contributed by atoms with Crippen molar-refractivity contribution in [1.29, 1.82) is 5.26 Å². The Morgan fingerprint density at radius 3 is 2.83 bits per heavy atom. The zero-order chi connectivity index (χ0) is 13.4. The number of ether oxygens (including phenoxy) is 1. The van der Waals surface area contributed by atoms with Crippen LogP contribution in [0, 0.1) is 17.1 Å². The molecule has 0 radical (unpaired) electrons. The third-order valence-corrected chi connectivity index (χ3v) is 3.08. The monoisotopic (exact) mass is 315 g/mol. The van der Waals surface area contributed by atoms with E-state index in [4.69, 9.17) is 10.00 Å². The molecule has 0 spiro atoms. The van der Waals surface area contributed by atoms with Gasteiger partial charge in [0.05, 0.1) is 22.3 Å². The van der Waals surface area contributed by atoms with Crippen molar-refractivity contribution in [2.24, 2.45) is 0 Å². The molecule has 0 heterocycles. The van der Waals surface area contributed by atoms with Crippen molar-refractivity contribution in [2.45, 2.75) is 0 Å². The summed E-state index contributed by atoms with van der Waals surface area (Å²) in [5.74, 6) is -0.439. The average molecular weight is 316 g/mol. The van der Waals surface area contributed by atoms with Gasteiger partial charge in [0.15, 0.2) is 5.82 Å². The Bertz CT molecular complexity index is 434. The predicted molar refractivity (Wildman–Crippen MR) is 72.1 cm³/mol. The number of anilines is 1. The molecule has 0 saturated carbocycles. The molecule has 0 saturated heterocycles. The van der Waals surface area contributed by atoms with E-state index in [-0.39, 0.29) is 10.0 Å². The highest BCUT2D eigenvalue weighted by Gasteiger charge is 2.10. The summed E-state index contributed by atoms with van der Waals surface area (Å²) in [5.41, 5.74) is 0.672. The largest absolute Gasteiger partial charge is 0.383 e. The molecule has 98 valence electrons. The molecule has 2 N–H and O–H groups in total. The third-order valence-electron chi connectivity index (χ3n) is 2.30. The molecule has 4 nitrogen and oxygen atoms in total. The van der Waals surface area contributed by atoms with Crippen molar-refractivity contribution in [3.63, 3.8) is 0 Å². The molecule has 0 amide bonds. The number of nitrogens with zero attached hydrogens (tertiary/aromatic N) is 1. The van der Waals surface area contributed by atoms with Gasteiger partial charge in [-0.1, -0.05) is 0 Å². The SMILES string of the molecule is COCCNCCNc1ccc(C#N)c(Br)c1F. The molecule has 0 aliphatic rings. The first-order valence-corrected chi connectivity index (χ1v) is 6.31. The lowest BCUT2D eigenvalue weighted by atomic mass is 10.2. The lowest BCUT2D eigenvalue weighted by molar-refractivity contribution is 0.200. The van der Waals surface area contributed by atoms with E-state index in [1.54, 1.807) is 19.2 Å². The minimum Gasteiger partial charge on any atom is -0.383 e. The number of benzene rings is 1. The van der Waals surface area contributed by atoms with E-state index in [0.29, 0.717) is 25.4 Å². The summed E-state index contributed by atoms with van der Waals surface area (Å²) in [6.07, 6.45) is 0. The lowest BCUT2D eigenvalue weighted by Crippen LogP contribution is -2.25. The highest BCUT2D eigenvalue weighted by molar-refractivity contribution is 9.10. The maximum Gasteiger partial charge on any atom is 0.161 e. The predicted octanol–water partition coefficient (Wildman–Crippen LogP) is 2.11. The molecule has 0 aliphatic heterocycles. The van der Waals surface area contributed by atoms with Gasteiger partial charge >= 0.3 is 0 Å². The first-order chi connectivity index (χ1) is 8.70. The molecule has 18 heavy (non-hydrogen) atoms. The van der Waals surface area contributed by atoms with E-state index < -0.39 is 5.82 Å². The minimum absolute atomic E-state index is 0.197. The van der Waals surface area contributed by atoms with Crippen molar-refractivity contribution < 1.29 is 9.13 Å². The number of hydrogen-bond donors (Lipinski definition) is 2. The van der Waals surface area contributed by atoms with Crippen molar-refractivity contribution in [3.05, 3.63) is 28.0 Å². The van der Waals surface area contributed by atoms with Crippen LogP contribution in [0.4, 0.5) is 10.1 Å². The Balaban J connectivity index is 2.44. The Hall–Kier alpha value is -1.16. The van der Waals surface area contributed by atoms with Gasteiger partial charge in [-0.15, -0.1) is 0 Å². The minimum atomic E-state index is -0.439. The molecule has 6 heteroatoms. The Morgan fingerprint density at radius 1 is 1.39 bits per heavy atom. The number of hydrogen-bond acceptors (Lipinski definition) is 4. The maximum atomic E-state index is 13.8. The molecule has 0 atom stereocenters. The van der Waals surface area contributed by atoms with Gasteiger partial charge in [0.1, 0.15) is 6.07 Å². The van der Waals surface area contributed by atoms with Crippen LogP contribution in [-0.4, -0.2) is 33.4 Å². The van der Waals surface area contributed by atoms with Gasteiger partial charge in [0.25, 0.3) is 0 Å². The fourth-order valence-corrected chi connectivity index (χ4v) is 1.79. The molecule has 0 aliphatic carbocycles. The first-order valence-electron chi connectivity index (χ1n) is 5.52. The molecular weight excluding hydrogens is 301 g/mol. The molecule has 0 aromatic heterocycles. The van der Waals surface area contributed by atoms with Crippen LogP contribution in [-0.2, 0) is 4.74 Å². The molecule has 0 bridgehead atoms. The maximum absolute atomic E-state index is 13.8. The van der Waals surface area contributed by atoms with Crippen LogP contribution in [0.2, 0.25) is 0 Å². The van der Waals surface area contributed by atoms with E-state index >= 15 is 0 Å². The van der Waals surface area contributed by atoms with Crippen LogP contribution in [0.15, 0.2) is 16.6 Å². The van der Waals surface area contributed by atoms with Gasteiger partial charge in [-0.2, -0.15) is 5.26 Å². The third kappa shape index (κ3) is 4.26. The van der Waals surface area contributed by atoms with E-state index in [0.717, 1.165) is 6.54 Å². The van der Waals surface area contributed by atoms with Crippen molar-refractivity contribution in [3.8, 4) is 6.07 Å². The fourth-order valence-electron chi connectivity index (χ4n) is 1.36. The first kappa shape index (κ1) is 14.9. The molecule has 1 rings (SSSR count). The van der Waals surface area contributed by atoms with E-state index in [2.05, 4.69) is 26.6 Å². The van der Waals surface area contributed by atoms with E-state index in [9.17, 15) is 4.39 Å². The second-order valence-corrected chi connectivity index (χ2v) is 4.36. The van der Waals surface area contributed by atoms with Crippen LogP contribution in [0.5, 0.6) is 0 Å². The summed E-state index contributed by atoms with van der Waals surface area (Å²) < 4.78 is 18.9. The van der Waals surface area contributed by atoms with Gasteiger partial charge in [0.2, 0.25) is 0 Å². The quantitative estimate of drug-likeness (QED) is 0.757. The van der Waals surface area contributed by atoms with Gasteiger partial charge in [-0.25, -0.2) is 4.39 Å². The highest BCUT2D eigenvalue weighted by atomic mass is 79.9. The second-order valence-electron chi connectivity index (χ2n) is 3.57. The average Bonchev–Trinajstić information content (AvgIpc) is 2.38. The summed E-state index contributed by atoms with van der Waals surface area (Å²) >= 11 is 3.06. The molecule has 0 unspecified atom stereocenters. The summed E-state index contributed by atoms with van der Waals surface area (Å²) in [6.45, 7) is 2.72. The van der Waals surface area contributed by atoms with Gasteiger partial charge < -0.3 is 15.4 Å². The van der Waals surface area contributed by atoms with Crippen molar-refractivity contribution in [2.75, 3.05) is 38.7 Å². The number of methoxy groups -OCH3 is 1. The van der Waals surface area contributed by atoms with Crippen LogP contribution in [0.25, 0.3) is 0 Å². The smallest absolute Gasteiger partial charge is 0.161 e. The zero-order valence-electron chi connectivity index (χ0n) is 10.1. The number of halogens is 2. The van der Waals surface area contributed by atoms with E-state index in [1.165, 1.54) is 0 Å². The molecule has 1 aromatic carbocycles. The molecule has 1 aromatic rings. The van der Waals surface area contributed by atoms with Crippen molar-refractivity contribution in [1.82, 2.24) is 5.32 Å². The summed E-state index contributed by atoms with van der Waals surface area (Å²) in [5, 5.41) is 14.8. The molecule has 0 fully saturated rings. The number of rotatable bonds is 7. The van der Waals surface area contributed by atoms with Crippen molar-refractivity contribution >= 4 is 21.6 Å². The molecular formula is C12H15BrFN3O. The summed E-state index contributed by atoms with van der Waals surface area (Å²) in [4.78, 5) is 0. The fraction of sp³-hybridized carbons (Fsp3) is 0.417. The van der Waals surface area contributed by atoms with E-state index in [1.807, 2.05) is 6.07 Å². The van der Waals surface area contributed by atoms with Crippen LogP contribution in [0.3, 0.4) is 0 Å². The van der Waals surface area contributed by atoms with Gasteiger partial charge in [-0.3, -0.25) is 0 Å².